The Balaban J connectivity index is 1.80. The Labute approximate surface area is 113 Å². The molecule has 2 N–H and O–H groups in total. The maximum absolute atomic E-state index is 11.9. The molecule has 1 fully saturated rings. The summed E-state index contributed by atoms with van der Waals surface area (Å²) in [5.74, 6) is -2.27. The maximum atomic E-state index is 11.9. The first-order valence-electron chi connectivity index (χ1n) is 6.01. The Morgan fingerprint density at radius 2 is 1.95 bits per heavy atom. The van der Waals surface area contributed by atoms with E-state index in [0.717, 1.165) is 0 Å². The highest BCUT2D eigenvalue weighted by Crippen LogP contribution is 2.38. The number of ether oxygens (including phenoxy) is 1. The van der Waals surface area contributed by atoms with Gasteiger partial charge >= 0.3 is 12.6 Å². The van der Waals surface area contributed by atoms with Crippen LogP contribution < -0.4 is 10.1 Å². The molecule has 0 heterocycles. The van der Waals surface area contributed by atoms with Crippen molar-refractivity contribution in [1.29, 1.82) is 0 Å². The third kappa shape index (κ3) is 3.66. The van der Waals surface area contributed by atoms with Crippen molar-refractivity contribution in [1.82, 2.24) is 5.32 Å². The monoisotopic (exact) mass is 285 g/mol. The number of hydrogen-bond acceptors (Lipinski definition) is 3. The summed E-state index contributed by atoms with van der Waals surface area (Å²) in [5.41, 5.74) is 0.715. The fourth-order valence-corrected chi connectivity index (χ4v) is 1.87. The summed E-state index contributed by atoms with van der Waals surface area (Å²) >= 11 is 0. The fourth-order valence-electron chi connectivity index (χ4n) is 1.87. The zero-order valence-electron chi connectivity index (χ0n) is 10.4. The summed E-state index contributed by atoms with van der Waals surface area (Å²) in [6.07, 6.45) is 0.363. The van der Waals surface area contributed by atoms with Crippen LogP contribution in [0.15, 0.2) is 24.3 Å². The predicted molar refractivity (Wildman–Crippen MR) is 64.2 cm³/mol. The number of amides is 1. The van der Waals surface area contributed by atoms with Gasteiger partial charge in [-0.15, -0.1) is 0 Å². The molecular weight excluding hydrogens is 272 g/mol. The molecule has 0 aliphatic heterocycles. The number of carboxylic acids is 1. The molecule has 20 heavy (non-hydrogen) atoms. The largest absolute Gasteiger partial charge is 0.481 e. The van der Waals surface area contributed by atoms with Gasteiger partial charge in [0.2, 0.25) is 5.91 Å². The maximum Gasteiger partial charge on any atom is 0.387 e. The quantitative estimate of drug-likeness (QED) is 0.833. The van der Waals surface area contributed by atoms with E-state index in [1.807, 2.05) is 0 Å². The van der Waals surface area contributed by atoms with Crippen LogP contribution in [0.25, 0.3) is 0 Å². The number of halogens is 2. The van der Waals surface area contributed by atoms with Gasteiger partial charge in [-0.05, 0) is 24.1 Å². The van der Waals surface area contributed by atoms with E-state index in [-0.39, 0.29) is 18.2 Å². The van der Waals surface area contributed by atoms with Gasteiger partial charge < -0.3 is 15.2 Å². The molecule has 2 rings (SSSR count). The molecule has 1 amide bonds. The van der Waals surface area contributed by atoms with Gasteiger partial charge in [-0.3, -0.25) is 9.59 Å². The van der Waals surface area contributed by atoms with Crippen LogP contribution in [0.1, 0.15) is 12.0 Å². The first-order valence-corrected chi connectivity index (χ1v) is 6.01. The normalized spacial score (nSPS) is 20.6. The van der Waals surface area contributed by atoms with Crippen LogP contribution in [0.3, 0.4) is 0 Å². The van der Waals surface area contributed by atoms with Crippen LogP contribution in [-0.2, 0) is 16.1 Å². The van der Waals surface area contributed by atoms with Gasteiger partial charge in [-0.25, -0.2) is 0 Å². The molecule has 0 bridgehead atoms. The predicted octanol–water partition coefficient (Wildman–Crippen LogP) is 1.62. The SMILES string of the molecule is O=C(O)C1CC1C(=O)NCc1ccc(OC(F)F)cc1. The highest BCUT2D eigenvalue weighted by atomic mass is 19.3. The first kappa shape index (κ1) is 14.2. The lowest BCUT2D eigenvalue weighted by atomic mass is 10.2. The van der Waals surface area contributed by atoms with Crippen molar-refractivity contribution in [2.24, 2.45) is 11.8 Å². The zero-order valence-corrected chi connectivity index (χ0v) is 10.4. The smallest absolute Gasteiger partial charge is 0.387 e. The van der Waals surface area contributed by atoms with Gasteiger partial charge in [-0.1, -0.05) is 12.1 Å². The minimum atomic E-state index is -2.87. The second kappa shape index (κ2) is 5.85. The van der Waals surface area contributed by atoms with Crippen molar-refractivity contribution in [2.75, 3.05) is 0 Å². The van der Waals surface area contributed by atoms with Crippen LogP contribution in [0.5, 0.6) is 5.75 Å². The van der Waals surface area contributed by atoms with Crippen molar-refractivity contribution in [3.05, 3.63) is 29.8 Å². The highest BCUT2D eigenvalue weighted by Gasteiger charge is 2.48. The van der Waals surface area contributed by atoms with E-state index < -0.39 is 24.4 Å². The first-order chi connectivity index (χ1) is 9.47. The van der Waals surface area contributed by atoms with Gasteiger partial charge in [-0.2, -0.15) is 8.78 Å². The average Bonchev–Trinajstić information content (AvgIpc) is 3.17. The molecule has 7 heteroatoms. The van der Waals surface area contributed by atoms with Crippen LogP contribution in [0.4, 0.5) is 8.78 Å². The molecular formula is C13H13F2NO4. The summed E-state index contributed by atoms with van der Waals surface area (Å²) in [5, 5.41) is 11.3. The van der Waals surface area contributed by atoms with Crippen molar-refractivity contribution >= 4 is 11.9 Å². The molecule has 1 aliphatic carbocycles. The minimum absolute atomic E-state index is 0.0446. The summed E-state index contributed by atoms with van der Waals surface area (Å²) in [6.45, 7) is -2.65. The number of nitrogens with one attached hydrogen (secondary N) is 1. The zero-order chi connectivity index (χ0) is 14.7. The van der Waals surface area contributed by atoms with Crippen molar-refractivity contribution in [2.45, 2.75) is 19.6 Å². The summed E-state index contributed by atoms with van der Waals surface area (Å²) in [7, 11) is 0. The number of carbonyl (C=O) groups is 2. The molecule has 0 saturated heterocycles. The molecule has 0 aromatic heterocycles. The van der Waals surface area contributed by atoms with E-state index in [9.17, 15) is 18.4 Å². The topological polar surface area (TPSA) is 75.6 Å². The van der Waals surface area contributed by atoms with E-state index in [4.69, 9.17) is 5.11 Å². The van der Waals surface area contributed by atoms with E-state index in [1.54, 1.807) is 12.1 Å². The van der Waals surface area contributed by atoms with Crippen LogP contribution >= 0.6 is 0 Å². The lowest BCUT2D eigenvalue weighted by molar-refractivity contribution is -0.140. The van der Waals surface area contributed by atoms with Crippen LogP contribution in [0.2, 0.25) is 0 Å². The Hall–Kier alpha value is -2.18. The molecule has 2 unspecified atom stereocenters. The molecule has 0 radical (unpaired) electrons. The van der Waals surface area contributed by atoms with E-state index in [1.165, 1.54) is 12.1 Å². The molecule has 2 atom stereocenters. The number of hydrogen-bond donors (Lipinski definition) is 2. The number of alkyl halides is 2. The van der Waals surface area contributed by atoms with Crippen LogP contribution in [-0.4, -0.2) is 23.6 Å². The molecule has 1 aliphatic rings. The lowest BCUT2D eigenvalue weighted by Gasteiger charge is -2.07. The number of aliphatic carboxylic acids is 1. The summed E-state index contributed by atoms with van der Waals surface area (Å²) in [6, 6.07) is 5.87. The molecule has 108 valence electrons. The molecule has 5 nitrogen and oxygen atoms in total. The molecule has 0 spiro atoms. The van der Waals surface area contributed by atoms with Gasteiger partial charge in [0.1, 0.15) is 5.75 Å². The number of carboxylic acid groups (broad SMARTS) is 1. The summed E-state index contributed by atoms with van der Waals surface area (Å²) in [4.78, 5) is 22.2. The fraction of sp³-hybridized carbons (Fsp3) is 0.385. The average molecular weight is 285 g/mol. The number of rotatable bonds is 6. The van der Waals surface area contributed by atoms with E-state index in [0.29, 0.717) is 12.0 Å². The number of benzene rings is 1. The number of carbonyl (C=O) groups excluding carboxylic acids is 1. The minimum Gasteiger partial charge on any atom is -0.481 e. The molecule has 1 aromatic rings. The van der Waals surface area contributed by atoms with Gasteiger partial charge in [0, 0.05) is 6.54 Å². The van der Waals surface area contributed by atoms with Gasteiger partial charge in [0.25, 0.3) is 0 Å². The second-order valence-corrected chi connectivity index (χ2v) is 4.53. The standard InChI is InChI=1S/C13H13F2NO4/c14-13(15)20-8-3-1-7(2-4-8)6-16-11(17)9-5-10(9)12(18)19/h1-4,9-10,13H,5-6H2,(H,16,17)(H,18,19). The Morgan fingerprint density at radius 1 is 1.30 bits per heavy atom. The van der Waals surface area contributed by atoms with Gasteiger partial charge in [0.15, 0.2) is 0 Å². The van der Waals surface area contributed by atoms with Gasteiger partial charge in [0.05, 0.1) is 11.8 Å². The Morgan fingerprint density at radius 3 is 2.45 bits per heavy atom. The third-order valence-electron chi connectivity index (χ3n) is 3.06. The van der Waals surface area contributed by atoms with E-state index >= 15 is 0 Å². The third-order valence-corrected chi connectivity index (χ3v) is 3.06. The van der Waals surface area contributed by atoms with Crippen molar-refractivity contribution in [3.8, 4) is 5.75 Å². The Kier molecular flexibility index (Phi) is 4.16. The molecule has 1 aromatic carbocycles. The summed E-state index contributed by atoms with van der Waals surface area (Å²) < 4.78 is 28.1. The second-order valence-electron chi connectivity index (χ2n) is 4.53. The van der Waals surface area contributed by atoms with E-state index in [2.05, 4.69) is 10.1 Å². The van der Waals surface area contributed by atoms with Crippen LogP contribution in [0, 0.1) is 11.8 Å². The molecule has 1 saturated carbocycles. The van der Waals surface area contributed by atoms with Crippen molar-refractivity contribution < 1.29 is 28.2 Å². The van der Waals surface area contributed by atoms with Crippen molar-refractivity contribution in [3.63, 3.8) is 0 Å². The lowest BCUT2D eigenvalue weighted by Crippen LogP contribution is -2.25. The Bertz CT molecular complexity index is 504. The highest BCUT2D eigenvalue weighted by molar-refractivity contribution is 5.89.